The van der Waals surface area contributed by atoms with Crippen LogP contribution < -0.4 is 0 Å². The topological polar surface area (TPSA) is 57.4 Å². The minimum Gasteiger partial charge on any atom is -0.398 e. The Bertz CT molecular complexity index is 675. The van der Waals surface area contributed by atoms with Crippen molar-refractivity contribution >= 4 is 7.12 Å². The third kappa shape index (κ3) is 3.46. The smallest absolute Gasteiger partial charge is 0.398 e. The number of rotatable bonds is 3. The van der Waals surface area contributed by atoms with Crippen molar-refractivity contribution in [1.82, 2.24) is 10.1 Å². The fourth-order valence-electron chi connectivity index (χ4n) is 2.80. The van der Waals surface area contributed by atoms with E-state index in [0.717, 1.165) is 0 Å². The highest BCUT2D eigenvalue weighted by molar-refractivity contribution is 6.53. The van der Waals surface area contributed by atoms with Crippen molar-refractivity contribution in [2.75, 3.05) is 0 Å². The number of halogens is 4. The lowest BCUT2D eigenvalue weighted by Crippen LogP contribution is -2.41. The van der Waals surface area contributed by atoms with Gasteiger partial charge in [0.1, 0.15) is 5.73 Å². The Kier molecular flexibility index (Phi) is 4.27. The van der Waals surface area contributed by atoms with E-state index < -0.39 is 36.1 Å². The third-order valence-corrected chi connectivity index (χ3v) is 5.05. The molecule has 1 saturated carbocycles. The maximum absolute atomic E-state index is 14.5. The third-order valence-electron chi connectivity index (χ3n) is 5.05. The van der Waals surface area contributed by atoms with Crippen LogP contribution in [0.3, 0.4) is 0 Å². The summed E-state index contributed by atoms with van der Waals surface area (Å²) in [5.41, 5.74) is -1.14. The molecule has 1 aromatic heterocycles. The van der Waals surface area contributed by atoms with Gasteiger partial charge in [-0.2, -0.15) is 18.2 Å². The summed E-state index contributed by atoms with van der Waals surface area (Å²) < 4.78 is 67.3. The van der Waals surface area contributed by atoms with E-state index in [0.29, 0.717) is 18.4 Å². The largest absolute Gasteiger partial charge is 0.525 e. The molecule has 2 heterocycles. The summed E-state index contributed by atoms with van der Waals surface area (Å²) in [6, 6.07) is 0. The molecule has 138 valence electrons. The monoisotopic (exact) mass is 362 g/mol. The van der Waals surface area contributed by atoms with E-state index in [9.17, 15) is 17.6 Å². The predicted molar refractivity (Wildman–Crippen MR) is 79.9 cm³/mol. The molecule has 25 heavy (non-hydrogen) atoms. The van der Waals surface area contributed by atoms with Crippen LogP contribution in [-0.2, 0) is 21.9 Å². The molecule has 0 N–H and O–H groups in total. The van der Waals surface area contributed by atoms with Gasteiger partial charge >= 0.3 is 19.2 Å². The zero-order valence-corrected chi connectivity index (χ0v) is 14.4. The number of hydrogen-bond acceptors (Lipinski definition) is 5. The van der Waals surface area contributed by atoms with E-state index in [2.05, 4.69) is 14.7 Å². The highest BCUT2D eigenvalue weighted by atomic mass is 19.4. The summed E-state index contributed by atoms with van der Waals surface area (Å²) in [7, 11) is -1.04. The first kappa shape index (κ1) is 18.4. The van der Waals surface area contributed by atoms with Crippen molar-refractivity contribution in [3.05, 3.63) is 23.0 Å². The zero-order valence-electron chi connectivity index (χ0n) is 14.4. The van der Waals surface area contributed by atoms with E-state index in [-0.39, 0.29) is 18.2 Å². The van der Waals surface area contributed by atoms with Gasteiger partial charge in [0.2, 0.25) is 0 Å². The molecule has 0 aromatic carbocycles. The van der Waals surface area contributed by atoms with Crippen LogP contribution in [0, 0.1) is 5.92 Å². The van der Waals surface area contributed by atoms with Gasteiger partial charge in [-0.3, -0.25) is 0 Å². The average Bonchev–Trinajstić information content (AvgIpc) is 2.96. The standard InChI is InChI=1S/C15H19BF4N2O3/c1-13(2)14(3,4)25-16(24-13)11(17)9-5-8(6-9)7-10-21-12(23-22-10)15(18,19)20/h8H,5-7H2,1-4H3. The quantitative estimate of drug-likeness (QED) is 0.603. The highest BCUT2D eigenvalue weighted by Crippen LogP contribution is 2.43. The number of nitrogens with zero attached hydrogens (tertiary/aromatic N) is 2. The lowest BCUT2D eigenvalue weighted by atomic mass is 9.71. The molecule has 0 atom stereocenters. The van der Waals surface area contributed by atoms with Gasteiger partial charge in [0, 0.05) is 6.42 Å². The Morgan fingerprint density at radius 1 is 1.16 bits per heavy atom. The zero-order chi connectivity index (χ0) is 18.6. The van der Waals surface area contributed by atoms with Crippen LogP contribution in [0.1, 0.15) is 52.3 Å². The van der Waals surface area contributed by atoms with Crippen molar-refractivity contribution < 1.29 is 31.4 Å². The van der Waals surface area contributed by atoms with Crippen LogP contribution in [0.15, 0.2) is 15.8 Å². The molecule has 0 bridgehead atoms. The summed E-state index contributed by atoms with van der Waals surface area (Å²) in [6.07, 6.45) is -3.63. The van der Waals surface area contributed by atoms with Crippen LogP contribution in [0.4, 0.5) is 17.6 Å². The lowest BCUT2D eigenvalue weighted by Gasteiger charge is -2.32. The van der Waals surface area contributed by atoms with Gasteiger partial charge in [-0.05, 0) is 52.0 Å². The first-order chi connectivity index (χ1) is 11.4. The van der Waals surface area contributed by atoms with Crippen molar-refractivity contribution in [1.29, 1.82) is 0 Å². The number of alkyl halides is 3. The number of aromatic nitrogens is 2. The van der Waals surface area contributed by atoms with E-state index in [4.69, 9.17) is 9.31 Å². The minimum absolute atomic E-state index is 0.0209. The molecule has 1 aromatic rings. The number of allylic oxidation sites excluding steroid dienone is 1. The first-order valence-electron chi connectivity index (χ1n) is 8.02. The van der Waals surface area contributed by atoms with E-state index >= 15 is 0 Å². The van der Waals surface area contributed by atoms with Gasteiger partial charge in [0.15, 0.2) is 5.82 Å². The Balaban J connectivity index is 1.59. The molecule has 1 saturated heterocycles. The molecule has 1 aliphatic heterocycles. The van der Waals surface area contributed by atoms with Crippen LogP contribution in [0.2, 0.25) is 0 Å². The van der Waals surface area contributed by atoms with Crippen molar-refractivity contribution in [2.45, 2.75) is 64.3 Å². The van der Waals surface area contributed by atoms with Crippen molar-refractivity contribution in [3.63, 3.8) is 0 Å². The van der Waals surface area contributed by atoms with Gasteiger partial charge < -0.3 is 13.8 Å². The summed E-state index contributed by atoms with van der Waals surface area (Å²) in [5.74, 6) is -1.41. The molecular weight excluding hydrogens is 343 g/mol. The average molecular weight is 362 g/mol. The van der Waals surface area contributed by atoms with E-state index in [1.54, 1.807) is 0 Å². The summed E-state index contributed by atoms with van der Waals surface area (Å²) in [6.45, 7) is 7.35. The maximum atomic E-state index is 14.5. The second-order valence-electron chi connectivity index (χ2n) is 7.53. The first-order valence-corrected chi connectivity index (χ1v) is 8.02. The molecule has 10 heteroatoms. The SMILES string of the molecule is CC1(C)OB(C(F)=C2CC(Cc3noc(C(F)(F)F)n3)C2)OC1(C)C. The van der Waals surface area contributed by atoms with Gasteiger partial charge in [-0.1, -0.05) is 5.16 Å². The van der Waals surface area contributed by atoms with Crippen molar-refractivity contribution in [2.24, 2.45) is 5.92 Å². The summed E-state index contributed by atoms with van der Waals surface area (Å²) in [4.78, 5) is 3.33. The summed E-state index contributed by atoms with van der Waals surface area (Å²) >= 11 is 0. The van der Waals surface area contributed by atoms with Crippen LogP contribution in [0.5, 0.6) is 0 Å². The molecule has 2 aliphatic rings. The second kappa shape index (κ2) is 5.80. The lowest BCUT2D eigenvalue weighted by molar-refractivity contribution is -0.159. The molecule has 0 spiro atoms. The number of hydrogen-bond donors (Lipinski definition) is 0. The van der Waals surface area contributed by atoms with Gasteiger partial charge in [0.05, 0.1) is 11.2 Å². The molecule has 5 nitrogen and oxygen atoms in total. The van der Waals surface area contributed by atoms with Crippen LogP contribution in [0.25, 0.3) is 0 Å². The maximum Gasteiger partial charge on any atom is 0.525 e. The molecular formula is C15H19BF4N2O3. The van der Waals surface area contributed by atoms with E-state index in [1.807, 2.05) is 27.7 Å². The Hall–Kier alpha value is -1.42. The molecule has 1 aliphatic carbocycles. The Morgan fingerprint density at radius 2 is 1.72 bits per heavy atom. The molecule has 2 fully saturated rings. The van der Waals surface area contributed by atoms with Gasteiger partial charge in [-0.25, -0.2) is 4.39 Å². The van der Waals surface area contributed by atoms with Crippen LogP contribution in [-0.4, -0.2) is 28.5 Å². The minimum atomic E-state index is -4.65. The predicted octanol–water partition coefficient (Wildman–Crippen LogP) is 3.90. The second-order valence-corrected chi connectivity index (χ2v) is 7.53. The highest BCUT2D eigenvalue weighted by Gasteiger charge is 2.54. The van der Waals surface area contributed by atoms with E-state index in [1.165, 1.54) is 0 Å². The normalized spacial score (nSPS) is 25.2. The Labute approximate surface area is 142 Å². The van der Waals surface area contributed by atoms with Gasteiger partial charge in [-0.15, -0.1) is 0 Å². The molecule has 0 unspecified atom stereocenters. The van der Waals surface area contributed by atoms with Gasteiger partial charge in [0.25, 0.3) is 0 Å². The summed E-state index contributed by atoms with van der Waals surface area (Å²) in [5, 5.41) is 3.32. The molecule has 3 rings (SSSR count). The van der Waals surface area contributed by atoms with Crippen molar-refractivity contribution in [3.8, 4) is 0 Å². The Morgan fingerprint density at radius 3 is 2.20 bits per heavy atom. The molecule has 0 amide bonds. The fourth-order valence-corrected chi connectivity index (χ4v) is 2.80. The fraction of sp³-hybridized carbons (Fsp3) is 0.733. The molecule has 0 radical (unpaired) electrons. The van der Waals surface area contributed by atoms with Crippen LogP contribution >= 0.6 is 0 Å².